The molecule has 146 valence electrons. The number of hydrogen-bond donors (Lipinski definition) is 1. The van der Waals surface area contributed by atoms with E-state index >= 15 is 0 Å². The van der Waals surface area contributed by atoms with Crippen LogP contribution in [0.15, 0.2) is 54.6 Å². The predicted octanol–water partition coefficient (Wildman–Crippen LogP) is 3.24. The van der Waals surface area contributed by atoms with E-state index in [0.29, 0.717) is 25.8 Å². The van der Waals surface area contributed by atoms with Gasteiger partial charge in [0.1, 0.15) is 19.0 Å². The monoisotopic (exact) mass is 370 g/mol. The second kappa shape index (κ2) is 11.4. The van der Waals surface area contributed by atoms with E-state index in [-0.39, 0.29) is 12.5 Å². The molecule has 1 N–H and O–H groups in total. The smallest absolute Gasteiger partial charge is 0.246 e. The molecule has 2 rings (SSSR count). The summed E-state index contributed by atoms with van der Waals surface area (Å²) < 4.78 is 10.9. The van der Waals surface area contributed by atoms with E-state index in [1.54, 1.807) is 0 Å². The maximum atomic E-state index is 12.0. The van der Waals surface area contributed by atoms with E-state index in [1.165, 1.54) is 5.56 Å². The van der Waals surface area contributed by atoms with Crippen LogP contribution in [0.4, 0.5) is 0 Å². The molecule has 5 heteroatoms. The molecule has 1 amide bonds. The number of hydrogen-bond acceptors (Lipinski definition) is 4. The molecule has 0 aliphatic heterocycles. The molecule has 27 heavy (non-hydrogen) atoms. The average molecular weight is 370 g/mol. The van der Waals surface area contributed by atoms with E-state index in [9.17, 15) is 4.79 Å². The second-order valence-corrected chi connectivity index (χ2v) is 6.77. The lowest BCUT2D eigenvalue weighted by atomic mass is 10.1. The Kier molecular flexibility index (Phi) is 8.81. The molecule has 0 saturated heterocycles. The van der Waals surface area contributed by atoms with Crippen molar-refractivity contribution in [3.63, 3.8) is 0 Å². The van der Waals surface area contributed by atoms with Crippen molar-refractivity contribution in [1.82, 2.24) is 10.2 Å². The fourth-order valence-electron chi connectivity index (χ4n) is 2.48. The topological polar surface area (TPSA) is 50.8 Å². The number of ether oxygens (including phenoxy) is 2. The molecular formula is C22H30N2O3. The van der Waals surface area contributed by atoms with Crippen LogP contribution >= 0.6 is 0 Å². The van der Waals surface area contributed by atoms with E-state index in [0.717, 1.165) is 17.9 Å². The zero-order chi connectivity index (χ0) is 19.5. The molecule has 0 saturated carbocycles. The third kappa shape index (κ3) is 7.81. The van der Waals surface area contributed by atoms with Crippen LogP contribution in [0.25, 0.3) is 0 Å². The van der Waals surface area contributed by atoms with Gasteiger partial charge in [-0.05, 0) is 44.2 Å². The van der Waals surface area contributed by atoms with Gasteiger partial charge in [-0.2, -0.15) is 0 Å². The number of carbonyl (C=O) groups is 1. The molecule has 0 unspecified atom stereocenters. The normalized spacial score (nSPS) is 11.0. The summed E-state index contributed by atoms with van der Waals surface area (Å²) in [6.07, 6.45) is 0. The summed E-state index contributed by atoms with van der Waals surface area (Å²) in [5.41, 5.74) is 2.36. The summed E-state index contributed by atoms with van der Waals surface area (Å²) >= 11 is 0. The molecule has 2 aromatic carbocycles. The van der Waals surface area contributed by atoms with Gasteiger partial charge in [-0.3, -0.25) is 9.69 Å². The fraction of sp³-hybridized carbons (Fsp3) is 0.409. The summed E-state index contributed by atoms with van der Waals surface area (Å²) in [5.74, 6) is 0.676. The average Bonchev–Trinajstić information content (AvgIpc) is 2.67. The molecule has 0 aromatic heterocycles. The molecule has 2 aromatic rings. The van der Waals surface area contributed by atoms with Gasteiger partial charge in [0.15, 0.2) is 0 Å². The van der Waals surface area contributed by atoms with Gasteiger partial charge in [-0.1, -0.05) is 42.5 Å². The van der Waals surface area contributed by atoms with Crippen LogP contribution in [-0.2, 0) is 22.6 Å². The van der Waals surface area contributed by atoms with Crippen LogP contribution in [0.5, 0.6) is 5.75 Å². The van der Waals surface area contributed by atoms with Crippen molar-refractivity contribution in [2.75, 3.05) is 26.9 Å². The number of rotatable bonds is 11. The van der Waals surface area contributed by atoms with Crippen molar-refractivity contribution in [1.29, 1.82) is 0 Å². The van der Waals surface area contributed by atoms with Gasteiger partial charge in [0.05, 0.1) is 6.61 Å². The minimum Gasteiger partial charge on any atom is -0.491 e. The van der Waals surface area contributed by atoms with Crippen molar-refractivity contribution < 1.29 is 14.3 Å². The van der Waals surface area contributed by atoms with Gasteiger partial charge in [0.25, 0.3) is 0 Å². The zero-order valence-electron chi connectivity index (χ0n) is 16.5. The Labute approximate surface area is 162 Å². The summed E-state index contributed by atoms with van der Waals surface area (Å²) in [7, 11) is 2.10. The van der Waals surface area contributed by atoms with Crippen LogP contribution < -0.4 is 10.1 Å². The van der Waals surface area contributed by atoms with E-state index in [1.807, 2.05) is 42.5 Å². The van der Waals surface area contributed by atoms with Crippen LogP contribution in [0.1, 0.15) is 25.0 Å². The van der Waals surface area contributed by atoms with Gasteiger partial charge in [0, 0.05) is 19.1 Å². The summed E-state index contributed by atoms with van der Waals surface area (Å²) in [6.45, 7) is 6.53. The summed E-state index contributed by atoms with van der Waals surface area (Å²) in [5, 5.41) is 2.93. The predicted molar refractivity (Wildman–Crippen MR) is 108 cm³/mol. The Morgan fingerprint density at radius 2 is 1.67 bits per heavy atom. The van der Waals surface area contributed by atoms with E-state index in [2.05, 4.69) is 43.2 Å². The molecular weight excluding hydrogens is 340 g/mol. The maximum Gasteiger partial charge on any atom is 0.246 e. The lowest BCUT2D eigenvalue weighted by molar-refractivity contribution is -0.126. The third-order valence-electron chi connectivity index (χ3n) is 4.37. The third-order valence-corrected chi connectivity index (χ3v) is 4.37. The number of amides is 1. The molecule has 0 heterocycles. The summed E-state index contributed by atoms with van der Waals surface area (Å²) in [4.78, 5) is 14.3. The Bertz CT molecular complexity index is 689. The largest absolute Gasteiger partial charge is 0.491 e. The first kappa shape index (κ1) is 20.9. The van der Waals surface area contributed by atoms with Crippen molar-refractivity contribution in [2.45, 2.75) is 33.0 Å². The van der Waals surface area contributed by atoms with Crippen molar-refractivity contribution in [3.05, 3.63) is 65.7 Å². The van der Waals surface area contributed by atoms with E-state index in [4.69, 9.17) is 9.47 Å². The molecule has 5 nitrogen and oxygen atoms in total. The standard InChI is InChI=1S/C22H30N2O3/c1-18(2)24(3)16-20-10-8-7-9-19(20)15-23-22(25)17-26-13-14-27-21-11-5-4-6-12-21/h4-12,18H,13-17H2,1-3H3,(H,23,25). The lowest BCUT2D eigenvalue weighted by Crippen LogP contribution is -2.29. The number of nitrogens with zero attached hydrogens (tertiary/aromatic N) is 1. The molecule has 0 bridgehead atoms. The molecule has 0 aliphatic rings. The van der Waals surface area contributed by atoms with Gasteiger partial charge in [-0.15, -0.1) is 0 Å². The highest BCUT2D eigenvalue weighted by molar-refractivity contribution is 5.77. The van der Waals surface area contributed by atoms with Crippen molar-refractivity contribution in [2.24, 2.45) is 0 Å². The summed E-state index contributed by atoms with van der Waals surface area (Å²) in [6, 6.07) is 18.2. The van der Waals surface area contributed by atoms with Crippen LogP contribution in [0.2, 0.25) is 0 Å². The molecule has 0 radical (unpaired) electrons. The van der Waals surface area contributed by atoms with Crippen LogP contribution in [-0.4, -0.2) is 43.7 Å². The highest BCUT2D eigenvalue weighted by Gasteiger charge is 2.09. The first-order chi connectivity index (χ1) is 13.1. The SMILES string of the molecule is CC(C)N(C)Cc1ccccc1CNC(=O)COCCOc1ccccc1. The lowest BCUT2D eigenvalue weighted by Gasteiger charge is -2.22. The van der Waals surface area contributed by atoms with Gasteiger partial charge < -0.3 is 14.8 Å². The molecule has 0 atom stereocenters. The molecule has 0 aliphatic carbocycles. The van der Waals surface area contributed by atoms with Crippen LogP contribution in [0.3, 0.4) is 0 Å². The number of para-hydroxylation sites is 1. The first-order valence-corrected chi connectivity index (χ1v) is 9.35. The Morgan fingerprint density at radius 1 is 1.00 bits per heavy atom. The van der Waals surface area contributed by atoms with Crippen LogP contribution in [0, 0.1) is 0 Å². The Balaban J connectivity index is 1.68. The maximum absolute atomic E-state index is 12.0. The first-order valence-electron chi connectivity index (χ1n) is 9.35. The molecule has 0 fully saturated rings. The quantitative estimate of drug-likeness (QED) is 0.617. The highest BCUT2D eigenvalue weighted by Crippen LogP contribution is 2.12. The molecule has 0 spiro atoms. The number of carbonyl (C=O) groups excluding carboxylic acids is 1. The Morgan fingerprint density at radius 3 is 2.37 bits per heavy atom. The van der Waals surface area contributed by atoms with Crippen molar-refractivity contribution in [3.8, 4) is 5.75 Å². The highest BCUT2D eigenvalue weighted by atomic mass is 16.5. The minimum absolute atomic E-state index is 0.0339. The zero-order valence-corrected chi connectivity index (χ0v) is 16.5. The Hall–Kier alpha value is -2.37. The van der Waals surface area contributed by atoms with E-state index < -0.39 is 0 Å². The second-order valence-electron chi connectivity index (χ2n) is 6.77. The number of nitrogens with one attached hydrogen (secondary N) is 1. The van der Waals surface area contributed by atoms with Gasteiger partial charge >= 0.3 is 0 Å². The fourth-order valence-corrected chi connectivity index (χ4v) is 2.48. The van der Waals surface area contributed by atoms with Crippen molar-refractivity contribution >= 4 is 5.91 Å². The number of benzene rings is 2. The minimum atomic E-state index is -0.123. The van der Waals surface area contributed by atoms with Gasteiger partial charge in [-0.25, -0.2) is 0 Å². The van der Waals surface area contributed by atoms with Gasteiger partial charge in [0.2, 0.25) is 5.91 Å².